The number of benzene rings is 2. The number of para-hydroxylation sites is 1. The van der Waals surface area contributed by atoms with E-state index in [1.807, 2.05) is 54.2 Å². The highest BCUT2D eigenvalue weighted by Gasteiger charge is 2.35. The van der Waals surface area contributed by atoms with E-state index in [-0.39, 0.29) is 0 Å². The molecule has 4 aromatic rings. The molecule has 7 heteroatoms. The number of hydrogen-bond acceptors (Lipinski definition) is 5. The number of furan rings is 1. The number of nitrogens with one attached hydrogen (secondary N) is 1. The van der Waals surface area contributed by atoms with Gasteiger partial charge in [-0.1, -0.05) is 32.0 Å². The molecule has 0 aliphatic carbocycles. The lowest BCUT2D eigenvalue weighted by molar-refractivity contribution is -0.122. The molecular weight excluding hydrogens is 430 g/mol. The fourth-order valence-electron chi connectivity index (χ4n) is 4.67. The first-order valence-electron chi connectivity index (χ1n) is 11.5. The maximum atomic E-state index is 13.1. The minimum Gasteiger partial charge on any atom is -0.492 e. The zero-order valence-corrected chi connectivity index (χ0v) is 19.6. The number of hydrogen-bond donors (Lipinski definition) is 1. The standard InChI is InChI=1S/C27H27N3O4/c1-4-30(5-2)11-13-33-18-14-17-10-12-34-25(17)20(15-18)23-24(27(32)28-26(23)31)21-16-29(3)22-9-7-6-8-19(21)22/h6-10,12,14-16H,4-5,11,13H2,1-3H3,(H,28,31,32). The Morgan fingerprint density at radius 3 is 2.50 bits per heavy atom. The van der Waals surface area contributed by atoms with E-state index in [0.717, 1.165) is 35.9 Å². The number of nitrogens with zero attached hydrogens (tertiary/aromatic N) is 2. The van der Waals surface area contributed by atoms with Crippen LogP contribution in [0.3, 0.4) is 0 Å². The van der Waals surface area contributed by atoms with Crippen LogP contribution in [0.25, 0.3) is 33.0 Å². The molecule has 0 spiro atoms. The fourth-order valence-corrected chi connectivity index (χ4v) is 4.67. The quantitative estimate of drug-likeness (QED) is 0.401. The molecule has 7 nitrogen and oxygen atoms in total. The van der Waals surface area contributed by atoms with Crippen LogP contribution < -0.4 is 10.1 Å². The molecule has 0 atom stereocenters. The van der Waals surface area contributed by atoms with Crippen LogP contribution in [0.2, 0.25) is 0 Å². The Morgan fingerprint density at radius 1 is 1.00 bits per heavy atom. The smallest absolute Gasteiger partial charge is 0.259 e. The number of aromatic nitrogens is 1. The van der Waals surface area contributed by atoms with Crippen molar-refractivity contribution in [1.82, 2.24) is 14.8 Å². The Morgan fingerprint density at radius 2 is 1.74 bits per heavy atom. The highest BCUT2D eigenvalue weighted by atomic mass is 16.5. The Bertz CT molecular complexity index is 1440. The second-order valence-electron chi connectivity index (χ2n) is 8.39. The zero-order chi connectivity index (χ0) is 23.8. The van der Waals surface area contributed by atoms with Crippen molar-refractivity contribution in [1.29, 1.82) is 0 Å². The lowest BCUT2D eigenvalue weighted by Crippen LogP contribution is -2.27. The van der Waals surface area contributed by atoms with Crippen molar-refractivity contribution < 1.29 is 18.7 Å². The van der Waals surface area contributed by atoms with Gasteiger partial charge < -0.3 is 18.6 Å². The monoisotopic (exact) mass is 457 g/mol. The van der Waals surface area contributed by atoms with Crippen molar-refractivity contribution in [2.45, 2.75) is 13.8 Å². The molecule has 0 unspecified atom stereocenters. The minimum atomic E-state index is -0.439. The Balaban J connectivity index is 1.64. The van der Waals surface area contributed by atoms with Gasteiger partial charge >= 0.3 is 0 Å². The Kier molecular flexibility index (Phi) is 5.71. The number of likely N-dealkylation sites (N-methyl/N-ethyl adjacent to an activating group) is 1. The summed E-state index contributed by atoms with van der Waals surface area (Å²) in [6.07, 6.45) is 3.47. The summed E-state index contributed by atoms with van der Waals surface area (Å²) in [5.74, 6) is -0.220. The summed E-state index contributed by atoms with van der Waals surface area (Å²) in [5.41, 5.74) is 3.44. The molecule has 2 amide bonds. The van der Waals surface area contributed by atoms with Crippen LogP contribution in [0.15, 0.2) is 59.3 Å². The number of carbonyl (C=O) groups is 2. The second kappa shape index (κ2) is 8.83. The van der Waals surface area contributed by atoms with E-state index in [1.165, 1.54) is 0 Å². The molecule has 0 radical (unpaired) electrons. The number of fused-ring (bicyclic) bond motifs is 2. The Hall–Kier alpha value is -3.84. The van der Waals surface area contributed by atoms with E-state index in [4.69, 9.17) is 9.15 Å². The molecule has 1 N–H and O–H groups in total. The molecule has 0 fully saturated rings. The van der Waals surface area contributed by atoms with Crippen molar-refractivity contribution in [3.63, 3.8) is 0 Å². The maximum Gasteiger partial charge on any atom is 0.259 e. The van der Waals surface area contributed by atoms with Crippen LogP contribution >= 0.6 is 0 Å². The van der Waals surface area contributed by atoms with E-state index in [9.17, 15) is 9.59 Å². The highest BCUT2D eigenvalue weighted by Crippen LogP contribution is 2.39. The molecule has 0 saturated carbocycles. The number of rotatable bonds is 8. The average molecular weight is 458 g/mol. The number of imide groups is 1. The summed E-state index contributed by atoms with van der Waals surface area (Å²) in [7, 11) is 1.93. The molecule has 0 bridgehead atoms. The predicted molar refractivity (Wildman–Crippen MR) is 132 cm³/mol. The van der Waals surface area contributed by atoms with Crippen molar-refractivity contribution in [2.24, 2.45) is 7.05 Å². The first-order valence-corrected chi connectivity index (χ1v) is 11.5. The predicted octanol–water partition coefficient (Wildman–Crippen LogP) is 4.21. The lowest BCUT2D eigenvalue weighted by atomic mass is 9.95. The first-order chi connectivity index (χ1) is 16.5. The van der Waals surface area contributed by atoms with Gasteiger partial charge in [0.05, 0.1) is 17.4 Å². The third kappa shape index (κ3) is 3.68. The maximum absolute atomic E-state index is 13.1. The molecule has 1 aliphatic rings. The zero-order valence-electron chi connectivity index (χ0n) is 19.6. The van der Waals surface area contributed by atoms with Crippen molar-refractivity contribution in [3.05, 3.63) is 66.1 Å². The van der Waals surface area contributed by atoms with E-state index in [2.05, 4.69) is 24.1 Å². The lowest BCUT2D eigenvalue weighted by Gasteiger charge is -2.18. The van der Waals surface area contributed by atoms with Gasteiger partial charge in [-0.2, -0.15) is 0 Å². The SMILES string of the molecule is CCN(CC)CCOc1cc(C2=C(c3cn(C)c4ccccc34)C(=O)NC2=O)c2occc2c1. The third-order valence-electron chi connectivity index (χ3n) is 6.46. The summed E-state index contributed by atoms with van der Waals surface area (Å²) in [6.45, 7) is 7.47. The number of amides is 2. The number of aryl methyl sites for hydroxylation is 1. The van der Waals surface area contributed by atoms with Crippen LogP contribution in [0, 0.1) is 0 Å². The largest absolute Gasteiger partial charge is 0.492 e. The summed E-state index contributed by atoms with van der Waals surface area (Å²) < 4.78 is 13.8. The van der Waals surface area contributed by atoms with Crippen LogP contribution in [0.5, 0.6) is 5.75 Å². The normalized spacial score (nSPS) is 14.1. The van der Waals surface area contributed by atoms with Gasteiger partial charge in [0.2, 0.25) is 0 Å². The molecule has 2 aromatic heterocycles. The molecule has 5 rings (SSSR count). The van der Waals surface area contributed by atoms with Crippen molar-refractivity contribution >= 4 is 44.8 Å². The summed E-state index contributed by atoms with van der Waals surface area (Å²) in [4.78, 5) is 28.4. The molecule has 34 heavy (non-hydrogen) atoms. The highest BCUT2D eigenvalue weighted by molar-refractivity contribution is 6.50. The fraction of sp³-hybridized carbons (Fsp3) is 0.259. The number of carbonyl (C=O) groups excluding carboxylic acids is 2. The van der Waals surface area contributed by atoms with Crippen LogP contribution in [-0.4, -0.2) is 47.5 Å². The van der Waals surface area contributed by atoms with E-state index < -0.39 is 11.8 Å². The van der Waals surface area contributed by atoms with Crippen molar-refractivity contribution in [3.8, 4) is 5.75 Å². The molecule has 1 aliphatic heterocycles. The minimum absolute atomic E-state index is 0.301. The number of ether oxygens (including phenoxy) is 1. The van der Waals surface area contributed by atoms with Gasteiger partial charge in [-0.25, -0.2) is 0 Å². The van der Waals surface area contributed by atoms with Crippen molar-refractivity contribution in [2.75, 3.05) is 26.2 Å². The van der Waals surface area contributed by atoms with Gasteiger partial charge in [0.1, 0.15) is 17.9 Å². The molecule has 3 heterocycles. The molecular formula is C27H27N3O4. The molecule has 2 aromatic carbocycles. The van der Waals surface area contributed by atoms with E-state index in [1.54, 1.807) is 12.3 Å². The third-order valence-corrected chi connectivity index (χ3v) is 6.46. The summed E-state index contributed by atoms with van der Waals surface area (Å²) >= 11 is 0. The average Bonchev–Trinajstić information content (AvgIpc) is 3.52. The van der Waals surface area contributed by atoms with Gasteiger partial charge in [0.15, 0.2) is 0 Å². The van der Waals surface area contributed by atoms with E-state index >= 15 is 0 Å². The second-order valence-corrected chi connectivity index (χ2v) is 8.39. The van der Waals surface area contributed by atoms with Gasteiger partial charge in [0.25, 0.3) is 11.8 Å². The molecule has 174 valence electrons. The molecule has 0 saturated heterocycles. The summed E-state index contributed by atoms with van der Waals surface area (Å²) in [6, 6.07) is 13.4. The van der Waals surface area contributed by atoms with Gasteiger partial charge in [0, 0.05) is 47.2 Å². The Labute approximate surface area is 197 Å². The first kappa shape index (κ1) is 22.0. The summed E-state index contributed by atoms with van der Waals surface area (Å²) in [5, 5.41) is 4.21. The van der Waals surface area contributed by atoms with Crippen LogP contribution in [0.1, 0.15) is 25.0 Å². The topological polar surface area (TPSA) is 76.7 Å². The van der Waals surface area contributed by atoms with Crippen LogP contribution in [-0.2, 0) is 16.6 Å². The van der Waals surface area contributed by atoms with Gasteiger partial charge in [-0.05, 0) is 37.4 Å². The van der Waals surface area contributed by atoms with Crippen LogP contribution in [0.4, 0.5) is 0 Å². The van der Waals surface area contributed by atoms with E-state index in [0.29, 0.717) is 40.2 Å². The van der Waals surface area contributed by atoms with Gasteiger partial charge in [-0.3, -0.25) is 14.9 Å². The van der Waals surface area contributed by atoms with Gasteiger partial charge in [-0.15, -0.1) is 0 Å².